The Labute approximate surface area is 198 Å². The number of benzene rings is 2. The van der Waals surface area contributed by atoms with Gasteiger partial charge in [0.2, 0.25) is 17.7 Å². The lowest BCUT2D eigenvalue weighted by atomic mass is 9.70. The van der Waals surface area contributed by atoms with Gasteiger partial charge in [-0.15, -0.1) is 0 Å². The fourth-order valence-electron chi connectivity index (χ4n) is 6.05. The van der Waals surface area contributed by atoms with E-state index in [4.69, 9.17) is 4.74 Å². The second-order valence-corrected chi connectivity index (χ2v) is 9.42. The van der Waals surface area contributed by atoms with Gasteiger partial charge in [-0.05, 0) is 49.9 Å². The molecule has 3 saturated heterocycles. The Bertz CT molecular complexity index is 1120. The third-order valence-corrected chi connectivity index (χ3v) is 7.46. The van der Waals surface area contributed by atoms with E-state index >= 15 is 0 Å². The van der Waals surface area contributed by atoms with Crippen molar-refractivity contribution >= 4 is 29.1 Å². The van der Waals surface area contributed by atoms with Gasteiger partial charge in [0.1, 0.15) is 11.6 Å². The van der Waals surface area contributed by atoms with Gasteiger partial charge in [-0.2, -0.15) is 0 Å². The monoisotopic (exact) mass is 463 g/mol. The first-order valence-electron chi connectivity index (χ1n) is 11.7. The van der Waals surface area contributed by atoms with Crippen molar-refractivity contribution in [1.82, 2.24) is 4.90 Å². The number of aryl methyl sites for hydroxylation is 2. The minimum absolute atomic E-state index is 0.00295. The average molecular weight is 464 g/mol. The van der Waals surface area contributed by atoms with Crippen LogP contribution in [0.2, 0.25) is 0 Å². The van der Waals surface area contributed by atoms with E-state index in [0.717, 1.165) is 11.1 Å². The number of carbonyl (C=O) groups excluding carboxylic acids is 3. The minimum Gasteiger partial charge on any atom is -0.395 e. The molecule has 3 aliphatic heterocycles. The number of para-hydroxylation sites is 2. The van der Waals surface area contributed by atoms with Gasteiger partial charge in [-0.3, -0.25) is 14.4 Å². The Kier molecular flexibility index (Phi) is 5.65. The molecule has 5 atom stereocenters. The van der Waals surface area contributed by atoms with Crippen molar-refractivity contribution in [3.8, 4) is 0 Å². The van der Waals surface area contributed by atoms with E-state index in [1.165, 1.54) is 4.90 Å². The molecule has 0 aliphatic carbocycles. The summed E-state index contributed by atoms with van der Waals surface area (Å²) in [6.45, 7) is 3.54. The van der Waals surface area contributed by atoms with Crippen LogP contribution in [0.5, 0.6) is 0 Å². The van der Waals surface area contributed by atoms with E-state index < -0.39 is 29.6 Å². The number of rotatable bonds is 6. The molecule has 5 rings (SSSR count). The van der Waals surface area contributed by atoms with Crippen molar-refractivity contribution in [2.45, 2.75) is 44.4 Å². The van der Waals surface area contributed by atoms with Crippen LogP contribution in [-0.4, -0.2) is 58.6 Å². The zero-order valence-corrected chi connectivity index (χ0v) is 19.3. The van der Waals surface area contributed by atoms with Crippen LogP contribution in [0.15, 0.2) is 48.5 Å². The number of anilines is 2. The number of aliphatic hydroxyl groups is 1. The number of hydrogen-bond acceptors (Lipinski definition) is 5. The molecule has 0 aromatic heterocycles. The highest BCUT2D eigenvalue weighted by Crippen LogP contribution is 2.58. The van der Waals surface area contributed by atoms with Gasteiger partial charge in [0.15, 0.2) is 0 Å². The quantitative estimate of drug-likeness (QED) is 0.609. The van der Waals surface area contributed by atoms with E-state index in [-0.39, 0.29) is 30.9 Å². The van der Waals surface area contributed by atoms with Crippen molar-refractivity contribution in [3.63, 3.8) is 0 Å². The number of β-amino-alcohol motifs (C(OH)–C–C–N with tert-alkyl or cyclic N) is 1. The molecule has 34 heavy (non-hydrogen) atoms. The highest BCUT2D eigenvalue weighted by atomic mass is 16.5. The summed E-state index contributed by atoms with van der Waals surface area (Å²) >= 11 is 0. The molecule has 0 radical (unpaired) electrons. The van der Waals surface area contributed by atoms with Crippen molar-refractivity contribution in [2.24, 2.45) is 11.8 Å². The van der Waals surface area contributed by atoms with Crippen molar-refractivity contribution in [2.75, 3.05) is 23.8 Å². The third-order valence-electron chi connectivity index (χ3n) is 7.46. The largest absolute Gasteiger partial charge is 0.395 e. The van der Waals surface area contributed by atoms with Gasteiger partial charge in [0.25, 0.3) is 0 Å². The number of hydrogen-bond donors (Lipinski definition) is 3. The van der Waals surface area contributed by atoms with E-state index in [1.54, 1.807) is 12.1 Å². The fraction of sp³-hybridized carbons (Fsp3) is 0.423. The van der Waals surface area contributed by atoms with Crippen LogP contribution in [0, 0.1) is 25.7 Å². The third kappa shape index (κ3) is 3.40. The smallest absolute Gasteiger partial charge is 0.250 e. The van der Waals surface area contributed by atoms with Crippen LogP contribution in [0.3, 0.4) is 0 Å². The Morgan fingerprint density at radius 2 is 1.76 bits per heavy atom. The summed E-state index contributed by atoms with van der Waals surface area (Å²) in [5, 5.41) is 15.6. The number of nitrogens with zero attached hydrogens (tertiary/aromatic N) is 1. The first-order valence-corrected chi connectivity index (χ1v) is 11.7. The zero-order chi connectivity index (χ0) is 24.0. The van der Waals surface area contributed by atoms with E-state index in [9.17, 15) is 19.5 Å². The van der Waals surface area contributed by atoms with Crippen LogP contribution < -0.4 is 10.6 Å². The molecule has 2 aromatic rings. The number of amides is 3. The summed E-state index contributed by atoms with van der Waals surface area (Å²) in [7, 11) is 0. The second kappa shape index (κ2) is 8.52. The molecule has 2 unspecified atom stereocenters. The molecule has 0 saturated carbocycles. The minimum atomic E-state index is -1.09. The molecular weight excluding hydrogens is 434 g/mol. The summed E-state index contributed by atoms with van der Waals surface area (Å²) in [5.41, 5.74) is 2.09. The number of ether oxygens (including phenoxy) is 1. The van der Waals surface area contributed by atoms with Gasteiger partial charge in [0, 0.05) is 17.9 Å². The van der Waals surface area contributed by atoms with E-state index in [1.807, 2.05) is 50.2 Å². The number of aliphatic hydroxyl groups excluding tert-OH is 1. The molecule has 8 heteroatoms. The highest BCUT2D eigenvalue weighted by Gasteiger charge is 2.74. The molecular formula is C26H29N3O5. The van der Waals surface area contributed by atoms with Crippen molar-refractivity contribution in [1.29, 1.82) is 0 Å². The lowest BCUT2D eigenvalue weighted by Crippen LogP contribution is -2.53. The molecule has 3 N–H and O–H groups in total. The highest BCUT2D eigenvalue weighted by molar-refractivity contribution is 6.05. The molecule has 1 spiro atoms. The molecule has 3 amide bonds. The second-order valence-electron chi connectivity index (χ2n) is 9.42. The van der Waals surface area contributed by atoms with Crippen LogP contribution in [0.25, 0.3) is 0 Å². The summed E-state index contributed by atoms with van der Waals surface area (Å²) in [4.78, 5) is 42.0. The predicted octanol–water partition coefficient (Wildman–Crippen LogP) is 2.25. The standard InChI is InChI=1S/C26H29N3O5/c1-15-7-6-8-16(2)21(15)28-24(32)22-26-12-11-18(34-26)19(20(26)25(33)29(22)13-14-30)23(31)27-17-9-4-3-5-10-17/h3-10,18-20,22,30H,11-14H2,1-2H3,(H,27,31)(H,28,32)/t18-,19+,20-,22?,26?/m0/s1. The van der Waals surface area contributed by atoms with Gasteiger partial charge in [-0.1, -0.05) is 36.4 Å². The van der Waals surface area contributed by atoms with Gasteiger partial charge in [-0.25, -0.2) is 0 Å². The fourth-order valence-corrected chi connectivity index (χ4v) is 6.05. The maximum Gasteiger partial charge on any atom is 0.250 e. The van der Waals surface area contributed by atoms with Gasteiger partial charge >= 0.3 is 0 Å². The molecule has 2 aromatic carbocycles. The Morgan fingerprint density at radius 1 is 1.06 bits per heavy atom. The van der Waals surface area contributed by atoms with Crippen LogP contribution >= 0.6 is 0 Å². The molecule has 2 bridgehead atoms. The zero-order valence-electron chi connectivity index (χ0n) is 19.3. The topological polar surface area (TPSA) is 108 Å². The normalized spacial score (nSPS) is 29.3. The van der Waals surface area contributed by atoms with E-state index in [0.29, 0.717) is 24.2 Å². The van der Waals surface area contributed by atoms with Crippen molar-refractivity contribution in [3.05, 3.63) is 59.7 Å². The first kappa shape index (κ1) is 22.6. The van der Waals surface area contributed by atoms with Gasteiger partial charge in [0.05, 0.1) is 24.5 Å². The molecule has 178 valence electrons. The van der Waals surface area contributed by atoms with Gasteiger partial charge < -0.3 is 25.4 Å². The lowest BCUT2D eigenvalue weighted by Gasteiger charge is -2.33. The number of fused-ring (bicyclic) bond motifs is 1. The molecule has 3 aliphatic rings. The number of carbonyl (C=O) groups is 3. The summed E-state index contributed by atoms with van der Waals surface area (Å²) in [5.74, 6) is -2.41. The number of likely N-dealkylation sites (tertiary alicyclic amines) is 1. The Hall–Kier alpha value is -3.23. The Balaban J connectivity index is 1.47. The molecule has 8 nitrogen and oxygen atoms in total. The molecule has 3 heterocycles. The van der Waals surface area contributed by atoms with Crippen LogP contribution in [0.1, 0.15) is 24.0 Å². The Morgan fingerprint density at radius 3 is 2.44 bits per heavy atom. The lowest BCUT2D eigenvalue weighted by molar-refractivity contribution is -0.140. The van der Waals surface area contributed by atoms with Crippen LogP contribution in [-0.2, 0) is 19.1 Å². The summed E-state index contributed by atoms with van der Waals surface area (Å²) in [6, 6.07) is 13.9. The van der Waals surface area contributed by atoms with E-state index in [2.05, 4.69) is 10.6 Å². The first-order chi connectivity index (χ1) is 16.4. The predicted molar refractivity (Wildman–Crippen MR) is 126 cm³/mol. The molecule has 3 fully saturated rings. The average Bonchev–Trinajstić information content (AvgIpc) is 3.45. The maximum absolute atomic E-state index is 13.7. The van der Waals surface area contributed by atoms with Crippen LogP contribution in [0.4, 0.5) is 11.4 Å². The summed E-state index contributed by atoms with van der Waals surface area (Å²) < 4.78 is 6.37. The van der Waals surface area contributed by atoms with Crippen molar-refractivity contribution < 1.29 is 24.2 Å². The summed E-state index contributed by atoms with van der Waals surface area (Å²) in [6.07, 6.45) is 0.677. The maximum atomic E-state index is 13.7. The SMILES string of the molecule is Cc1cccc(C)c1NC(=O)C1N(CCO)C(=O)[C@@H]2[C@H](C(=O)Nc3ccccc3)[C@@H]3CCC12O3. The number of nitrogens with one attached hydrogen (secondary N) is 2.